The average molecular weight is 409 g/mol. The van der Waals surface area contributed by atoms with Gasteiger partial charge in [0.25, 0.3) is 5.91 Å². The molecule has 31 heavy (non-hydrogen) atoms. The molecule has 0 bridgehead atoms. The quantitative estimate of drug-likeness (QED) is 0.535. The standard InChI is InChI=1S/C26H23N3O2/c1-18-25(30)27-23-10-6-5-9-22(23)17-29(18)26(31)21-11-12-24-20(15-21)13-14-28(24)16-19-7-3-2-4-8-19/h2-15,18H,16-17H2,1H3,(H,27,30). The number of nitrogens with zero attached hydrogens (tertiary/aromatic N) is 2. The van der Waals surface area contributed by atoms with Gasteiger partial charge in [0.05, 0.1) is 0 Å². The molecule has 5 rings (SSSR count). The van der Waals surface area contributed by atoms with E-state index in [4.69, 9.17) is 0 Å². The van der Waals surface area contributed by atoms with E-state index >= 15 is 0 Å². The summed E-state index contributed by atoms with van der Waals surface area (Å²) in [5.41, 5.74) is 4.59. The minimum atomic E-state index is -0.557. The Morgan fingerprint density at radius 3 is 2.61 bits per heavy atom. The van der Waals surface area contributed by atoms with Crippen molar-refractivity contribution in [2.45, 2.75) is 26.1 Å². The number of aromatic nitrogens is 1. The molecule has 3 aromatic carbocycles. The molecule has 0 fully saturated rings. The van der Waals surface area contributed by atoms with Gasteiger partial charge in [-0.15, -0.1) is 0 Å². The zero-order valence-corrected chi connectivity index (χ0v) is 17.3. The lowest BCUT2D eigenvalue weighted by Gasteiger charge is -2.26. The summed E-state index contributed by atoms with van der Waals surface area (Å²) in [6.45, 7) is 2.94. The van der Waals surface area contributed by atoms with Crippen molar-refractivity contribution in [1.82, 2.24) is 9.47 Å². The summed E-state index contributed by atoms with van der Waals surface area (Å²) in [6.07, 6.45) is 2.05. The summed E-state index contributed by atoms with van der Waals surface area (Å²) in [5, 5.41) is 3.94. The third kappa shape index (κ3) is 3.59. The minimum absolute atomic E-state index is 0.142. The van der Waals surface area contributed by atoms with Crippen LogP contribution in [0.3, 0.4) is 0 Å². The van der Waals surface area contributed by atoms with E-state index in [1.807, 2.05) is 72.9 Å². The summed E-state index contributed by atoms with van der Waals surface area (Å²) in [7, 11) is 0. The summed E-state index contributed by atoms with van der Waals surface area (Å²) >= 11 is 0. The molecular weight excluding hydrogens is 386 g/mol. The van der Waals surface area contributed by atoms with Crippen molar-refractivity contribution in [2.75, 3.05) is 5.32 Å². The second kappa shape index (κ2) is 7.76. The SMILES string of the molecule is CC1C(=O)Nc2ccccc2CN1C(=O)c1ccc2c(ccn2Cc2ccccc2)c1. The van der Waals surface area contributed by atoms with Gasteiger partial charge in [-0.1, -0.05) is 48.5 Å². The largest absolute Gasteiger partial charge is 0.343 e. The molecule has 5 heteroatoms. The lowest BCUT2D eigenvalue weighted by Crippen LogP contribution is -2.43. The van der Waals surface area contributed by atoms with E-state index < -0.39 is 6.04 Å². The fourth-order valence-electron chi connectivity index (χ4n) is 4.14. The average Bonchev–Trinajstić information content (AvgIpc) is 3.14. The first-order valence-electron chi connectivity index (χ1n) is 10.4. The second-order valence-corrected chi connectivity index (χ2v) is 7.96. The number of anilines is 1. The van der Waals surface area contributed by atoms with Crippen LogP contribution in [0.15, 0.2) is 85.1 Å². The highest BCUT2D eigenvalue weighted by Gasteiger charge is 2.30. The highest BCUT2D eigenvalue weighted by atomic mass is 16.2. The number of hydrogen-bond donors (Lipinski definition) is 1. The Morgan fingerprint density at radius 1 is 1.00 bits per heavy atom. The third-order valence-corrected chi connectivity index (χ3v) is 5.94. The minimum Gasteiger partial charge on any atom is -0.343 e. The number of fused-ring (bicyclic) bond motifs is 2. The Morgan fingerprint density at radius 2 is 1.77 bits per heavy atom. The van der Waals surface area contributed by atoms with E-state index in [1.165, 1.54) is 5.56 Å². The van der Waals surface area contributed by atoms with Crippen LogP contribution in [0.5, 0.6) is 0 Å². The number of rotatable bonds is 3. The number of amides is 2. The maximum Gasteiger partial charge on any atom is 0.254 e. The van der Waals surface area contributed by atoms with Gasteiger partial charge in [-0.25, -0.2) is 0 Å². The van der Waals surface area contributed by atoms with E-state index in [0.717, 1.165) is 28.7 Å². The molecule has 1 atom stereocenters. The Hall–Kier alpha value is -3.86. The fourth-order valence-corrected chi connectivity index (χ4v) is 4.14. The molecular formula is C26H23N3O2. The Balaban J connectivity index is 1.45. The lowest BCUT2D eigenvalue weighted by atomic mass is 10.1. The van der Waals surface area contributed by atoms with Crippen LogP contribution in [0, 0.1) is 0 Å². The zero-order chi connectivity index (χ0) is 21.4. The summed E-state index contributed by atoms with van der Waals surface area (Å²) in [6, 6.07) is 25.1. The molecule has 1 aromatic heterocycles. The summed E-state index contributed by atoms with van der Waals surface area (Å²) in [5.74, 6) is -0.314. The van der Waals surface area contributed by atoms with Crippen LogP contribution in [0.1, 0.15) is 28.4 Å². The zero-order valence-electron chi connectivity index (χ0n) is 17.3. The van der Waals surface area contributed by atoms with Crippen LogP contribution in [0.4, 0.5) is 5.69 Å². The van der Waals surface area contributed by atoms with Gasteiger partial charge in [-0.3, -0.25) is 9.59 Å². The number of hydrogen-bond acceptors (Lipinski definition) is 2. The second-order valence-electron chi connectivity index (χ2n) is 7.96. The molecule has 1 aliphatic heterocycles. The van der Waals surface area contributed by atoms with Crippen LogP contribution >= 0.6 is 0 Å². The van der Waals surface area contributed by atoms with Gasteiger partial charge in [0.1, 0.15) is 6.04 Å². The van der Waals surface area contributed by atoms with Gasteiger partial charge >= 0.3 is 0 Å². The first kappa shape index (κ1) is 19.1. The van der Waals surface area contributed by atoms with Crippen LogP contribution in [0.2, 0.25) is 0 Å². The predicted octanol–water partition coefficient (Wildman–Crippen LogP) is 4.67. The van der Waals surface area contributed by atoms with Crippen molar-refractivity contribution >= 4 is 28.4 Å². The van der Waals surface area contributed by atoms with Crippen LogP contribution in [0.25, 0.3) is 10.9 Å². The maximum absolute atomic E-state index is 13.4. The molecule has 4 aromatic rings. The van der Waals surface area contributed by atoms with Crippen molar-refractivity contribution in [3.63, 3.8) is 0 Å². The number of nitrogens with one attached hydrogen (secondary N) is 1. The number of carbonyl (C=O) groups is 2. The summed E-state index contributed by atoms with van der Waals surface area (Å²) < 4.78 is 2.18. The van der Waals surface area contributed by atoms with Crippen molar-refractivity contribution in [1.29, 1.82) is 0 Å². The molecule has 1 unspecified atom stereocenters. The third-order valence-electron chi connectivity index (χ3n) is 5.94. The molecule has 0 saturated heterocycles. The number of carbonyl (C=O) groups excluding carboxylic acids is 2. The van der Waals surface area contributed by atoms with Crippen molar-refractivity contribution < 1.29 is 9.59 Å². The van der Waals surface area contributed by atoms with E-state index in [-0.39, 0.29) is 11.8 Å². The molecule has 2 heterocycles. The number of para-hydroxylation sites is 1. The smallest absolute Gasteiger partial charge is 0.254 e. The monoisotopic (exact) mass is 409 g/mol. The van der Waals surface area contributed by atoms with E-state index in [9.17, 15) is 9.59 Å². The van der Waals surface area contributed by atoms with E-state index in [1.54, 1.807) is 11.8 Å². The lowest BCUT2D eigenvalue weighted by molar-refractivity contribution is -0.119. The molecule has 0 saturated carbocycles. The first-order chi connectivity index (χ1) is 15.1. The Bertz CT molecular complexity index is 1280. The highest BCUT2D eigenvalue weighted by molar-refractivity contribution is 6.03. The van der Waals surface area contributed by atoms with Gasteiger partial charge in [-0.05, 0) is 48.4 Å². The van der Waals surface area contributed by atoms with Gasteiger partial charge in [-0.2, -0.15) is 0 Å². The van der Waals surface area contributed by atoms with Crippen LogP contribution in [-0.2, 0) is 17.9 Å². The predicted molar refractivity (Wildman–Crippen MR) is 122 cm³/mol. The van der Waals surface area contributed by atoms with Crippen molar-refractivity contribution in [2.24, 2.45) is 0 Å². The van der Waals surface area contributed by atoms with E-state index in [0.29, 0.717) is 12.1 Å². The van der Waals surface area contributed by atoms with Gasteiger partial charge in [0, 0.05) is 41.4 Å². The molecule has 1 aliphatic rings. The van der Waals surface area contributed by atoms with Gasteiger partial charge < -0.3 is 14.8 Å². The molecule has 5 nitrogen and oxygen atoms in total. The normalized spacial score (nSPS) is 16.0. The summed E-state index contributed by atoms with van der Waals surface area (Å²) in [4.78, 5) is 27.6. The first-order valence-corrected chi connectivity index (χ1v) is 10.4. The molecule has 0 spiro atoms. The molecule has 2 amide bonds. The van der Waals surface area contributed by atoms with Crippen LogP contribution < -0.4 is 5.32 Å². The molecule has 1 N–H and O–H groups in total. The fraction of sp³-hybridized carbons (Fsp3) is 0.154. The Labute approximate surface area is 180 Å². The van der Waals surface area contributed by atoms with E-state index in [2.05, 4.69) is 22.0 Å². The van der Waals surface area contributed by atoms with Crippen molar-refractivity contribution in [3.8, 4) is 0 Å². The van der Waals surface area contributed by atoms with Gasteiger partial charge in [0.15, 0.2) is 0 Å². The molecule has 0 aliphatic carbocycles. The maximum atomic E-state index is 13.4. The van der Waals surface area contributed by atoms with Crippen LogP contribution in [-0.4, -0.2) is 27.3 Å². The van der Waals surface area contributed by atoms with Gasteiger partial charge in [0.2, 0.25) is 5.91 Å². The Kier molecular flexibility index (Phi) is 4.79. The number of benzene rings is 3. The molecule has 154 valence electrons. The highest BCUT2D eigenvalue weighted by Crippen LogP contribution is 2.26. The topological polar surface area (TPSA) is 54.3 Å². The molecule has 0 radical (unpaired) electrons. The van der Waals surface area contributed by atoms with Crippen molar-refractivity contribution in [3.05, 3.63) is 102 Å².